The SMILES string of the molecule is O=C(NCC1(c2cccc(F)c2)CCCCC1)c1cn[nH]c(=O)c1. The van der Waals surface area contributed by atoms with Crippen LogP contribution in [0.15, 0.2) is 41.3 Å². The zero-order valence-electron chi connectivity index (χ0n) is 13.3. The van der Waals surface area contributed by atoms with E-state index in [0.717, 1.165) is 37.7 Å². The van der Waals surface area contributed by atoms with Gasteiger partial charge in [-0.2, -0.15) is 5.10 Å². The number of nitrogens with zero attached hydrogens (tertiary/aromatic N) is 1. The molecule has 2 aromatic rings. The molecule has 1 aromatic carbocycles. The summed E-state index contributed by atoms with van der Waals surface area (Å²) in [5.74, 6) is -0.600. The van der Waals surface area contributed by atoms with Crippen molar-refractivity contribution in [2.75, 3.05) is 6.54 Å². The van der Waals surface area contributed by atoms with Crippen LogP contribution in [-0.2, 0) is 5.41 Å². The molecule has 5 nitrogen and oxygen atoms in total. The average Bonchev–Trinajstić information content (AvgIpc) is 2.60. The fraction of sp³-hybridized carbons (Fsp3) is 0.389. The van der Waals surface area contributed by atoms with Crippen LogP contribution < -0.4 is 10.9 Å². The first-order chi connectivity index (χ1) is 11.6. The largest absolute Gasteiger partial charge is 0.351 e. The lowest BCUT2D eigenvalue weighted by molar-refractivity contribution is 0.0936. The zero-order valence-corrected chi connectivity index (χ0v) is 13.3. The average molecular weight is 329 g/mol. The molecule has 1 aliphatic rings. The molecule has 2 N–H and O–H groups in total. The van der Waals surface area contributed by atoms with E-state index in [4.69, 9.17) is 0 Å². The van der Waals surface area contributed by atoms with Crippen molar-refractivity contribution in [3.8, 4) is 0 Å². The van der Waals surface area contributed by atoms with Gasteiger partial charge in [0.1, 0.15) is 5.82 Å². The molecule has 24 heavy (non-hydrogen) atoms. The molecule has 1 aromatic heterocycles. The molecule has 0 spiro atoms. The highest BCUT2D eigenvalue weighted by Crippen LogP contribution is 2.39. The predicted molar refractivity (Wildman–Crippen MR) is 88.4 cm³/mol. The highest BCUT2D eigenvalue weighted by Gasteiger charge is 2.34. The van der Waals surface area contributed by atoms with E-state index < -0.39 is 5.56 Å². The van der Waals surface area contributed by atoms with Gasteiger partial charge in [-0.25, -0.2) is 9.49 Å². The number of nitrogens with one attached hydrogen (secondary N) is 2. The first-order valence-electron chi connectivity index (χ1n) is 8.18. The molecular weight excluding hydrogens is 309 g/mol. The second-order valence-electron chi connectivity index (χ2n) is 6.37. The van der Waals surface area contributed by atoms with Crippen LogP contribution in [0.3, 0.4) is 0 Å². The summed E-state index contributed by atoms with van der Waals surface area (Å²) in [6.45, 7) is 0.419. The molecule has 1 fully saturated rings. The second kappa shape index (κ2) is 6.95. The normalized spacial score (nSPS) is 16.5. The number of carbonyl (C=O) groups excluding carboxylic acids is 1. The van der Waals surface area contributed by atoms with Crippen molar-refractivity contribution in [2.45, 2.75) is 37.5 Å². The molecule has 0 unspecified atom stereocenters. The first kappa shape index (κ1) is 16.4. The minimum absolute atomic E-state index is 0.226. The van der Waals surface area contributed by atoms with E-state index in [2.05, 4.69) is 15.5 Å². The Kier molecular flexibility index (Phi) is 4.74. The van der Waals surface area contributed by atoms with E-state index in [1.54, 1.807) is 12.1 Å². The minimum Gasteiger partial charge on any atom is -0.351 e. The van der Waals surface area contributed by atoms with Crippen molar-refractivity contribution < 1.29 is 9.18 Å². The van der Waals surface area contributed by atoms with E-state index >= 15 is 0 Å². The molecule has 1 amide bonds. The number of rotatable bonds is 4. The Morgan fingerprint density at radius 1 is 1.25 bits per heavy atom. The molecule has 0 aliphatic heterocycles. The smallest absolute Gasteiger partial charge is 0.264 e. The van der Waals surface area contributed by atoms with Crippen molar-refractivity contribution in [3.05, 3.63) is 63.8 Å². The molecule has 126 valence electrons. The maximum Gasteiger partial charge on any atom is 0.264 e. The molecule has 0 saturated heterocycles. The summed E-state index contributed by atoms with van der Waals surface area (Å²) in [5.41, 5.74) is 0.473. The number of aromatic nitrogens is 2. The van der Waals surface area contributed by atoms with Gasteiger partial charge in [0.25, 0.3) is 11.5 Å². The number of amides is 1. The van der Waals surface area contributed by atoms with Gasteiger partial charge in [-0.15, -0.1) is 0 Å². The lowest BCUT2D eigenvalue weighted by atomic mass is 9.69. The van der Waals surface area contributed by atoms with Gasteiger partial charge in [-0.1, -0.05) is 31.4 Å². The molecule has 1 saturated carbocycles. The third kappa shape index (κ3) is 3.53. The molecular formula is C18H20FN3O2. The van der Waals surface area contributed by atoms with Gasteiger partial charge in [-0.3, -0.25) is 9.59 Å². The van der Waals surface area contributed by atoms with Crippen LogP contribution in [0.1, 0.15) is 48.0 Å². The number of benzene rings is 1. The highest BCUT2D eigenvalue weighted by molar-refractivity contribution is 5.93. The quantitative estimate of drug-likeness (QED) is 0.905. The van der Waals surface area contributed by atoms with Gasteiger partial charge in [0.2, 0.25) is 0 Å². The standard InChI is InChI=1S/C18H20FN3O2/c19-15-6-4-5-14(10-15)18(7-2-1-3-8-18)12-20-17(24)13-9-16(23)22-21-11-13/h4-6,9-11H,1-3,7-8,12H2,(H,20,24)(H,22,23). The van der Waals surface area contributed by atoms with E-state index in [1.807, 2.05) is 6.07 Å². The van der Waals surface area contributed by atoms with Crippen LogP contribution in [0.5, 0.6) is 0 Å². The minimum atomic E-state index is -0.417. The highest BCUT2D eigenvalue weighted by atomic mass is 19.1. The van der Waals surface area contributed by atoms with Crippen LogP contribution in [-0.4, -0.2) is 22.6 Å². The molecule has 0 atom stereocenters. The number of hydrogen-bond acceptors (Lipinski definition) is 3. The van der Waals surface area contributed by atoms with Gasteiger partial charge >= 0.3 is 0 Å². The Bertz CT molecular complexity index is 782. The molecule has 1 aliphatic carbocycles. The number of carbonyl (C=O) groups is 1. The van der Waals surface area contributed by atoms with Gasteiger partial charge in [-0.05, 0) is 30.5 Å². The molecule has 0 radical (unpaired) electrons. The van der Waals surface area contributed by atoms with E-state index in [1.165, 1.54) is 18.3 Å². The van der Waals surface area contributed by atoms with E-state index in [0.29, 0.717) is 6.54 Å². The van der Waals surface area contributed by atoms with E-state index in [9.17, 15) is 14.0 Å². The third-order valence-electron chi connectivity index (χ3n) is 4.76. The van der Waals surface area contributed by atoms with Crippen LogP contribution in [0, 0.1) is 5.82 Å². The van der Waals surface area contributed by atoms with Crippen LogP contribution in [0.2, 0.25) is 0 Å². The summed E-state index contributed by atoms with van der Waals surface area (Å²) in [4.78, 5) is 23.6. The van der Waals surface area contributed by atoms with E-state index in [-0.39, 0.29) is 22.7 Å². The lowest BCUT2D eigenvalue weighted by Gasteiger charge is -2.38. The monoisotopic (exact) mass is 329 g/mol. The van der Waals surface area contributed by atoms with Gasteiger partial charge < -0.3 is 5.32 Å². The number of H-pyrrole nitrogens is 1. The fourth-order valence-electron chi connectivity index (χ4n) is 3.47. The van der Waals surface area contributed by atoms with Crippen molar-refractivity contribution in [1.29, 1.82) is 0 Å². The van der Waals surface area contributed by atoms with Gasteiger partial charge in [0, 0.05) is 18.0 Å². The molecule has 6 heteroatoms. The predicted octanol–water partition coefficient (Wildman–Crippen LogP) is 2.54. The van der Waals surface area contributed by atoms with Crippen molar-refractivity contribution in [1.82, 2.24) is 15.5 Å². The Balaban J connectivity index is 1.80. The molecule has 3 rings (SSSR count). The van der Waals surface area contributed by atoms with Crippen LogP contribution >= 0.6 is 0 Å². The van der Waals surface area contributed by atoms with Gasteiger partial charge in [0.05, 0.1) is 11.8 Å². The van der Waals surface area contributed by atoms with Crippen LogP contribution in [0.4, 0.5) is 4.39 Å². The summed E-state index contributed by atoms with van der Waals surface area (Å²) in [6.07, 6.45) is 6.40. The number of halogens is 1. The number of aromatic amines is 1. The second-order valence-corrected chi connectivity index (χ2v) is 6.37. The van der Waals surface area contributed by atoms with Crippen molar-refractivity contribution in [3.63, 3.8) is 0 Å². The zero-order chi connectivity index (χ0) is 17.0. The van der Waals surface area contributed by atoms with Gasteiger partial charge in [0.15, 0.2) is 0 Å². The molecule has 1 heterocycles. The maximum absolute atomic E-state index is 13.7. The Morgan fingerprint density at radius 3 is 2.75 bits per heavy atom. The maximum atomic E-state index is 13.7. The van der Waals surface area contributed by atoms with Crippen molar-refractivity contribution >= 4 is 5.91 Å². The summed E-state index contributed by atoms with van der Waals surface area (Å²) in [6, 6.07) is 7.85. The summed E-state index contributed by atoms with van der Waals surface area (Å²) in [7, 11) is 0. The topological polar surface area (TPSA) is 74.8 Å². The summed E-state index contributed by atoms with van der Waals surface area (Å²) < 4.78 is 13.7. The number of hydrogen-bond donors (Lipinski definition) is 2. The van der Waals surface area contributed by atoms with Crippen molar-refractivity contribution in [2.24, 2.45) is 0 Å². The summed E-state index contributed by atoms with van der Waals surface area (Å²) >= 11 is 0. The Labute approximate surface area is 139 Å². The fourth-order valence-corrected chi connectivity index (χ4v) is 3.47. The first-order valence-corrected chi connectivity index (χ1v) is 8.18. The summed E-state index contributed by atoms with van der Waals surface area (Å²) in [5, 5.41) is 8.78. The van der Waals surface area contributed by atoms with Crippen LogP contribution in [0.25, 0.3) is 0 Å². The Hall–Kier alpha value is -2.50. The third-order valence-corrected chi connectivity index (χ3v) is 4.76. The lowest BCUT2D eigenvalue weighted by Crippen LogP contribution is -2.42. The molecule has 0 bridgehead atoms. The Morgan fingerprint density at radius 2 is 2.04 bits per heavy atom.